The van der Waals surface area contributed by atoms with Gasteiger partial charge in [-0.25, -0.2) is 0 Å². The quantitative estimate of drug-likeness (QED) is 0.393. The normalized spacial score (nSPS) is 9.96. The van der Waals surface area contributed by atoms with E-state index in [4.69, 9.17) is 9.47 Å². The van der Waals surface area contributed by atoms with Crippen LogP contribution in [0.3, 0.4) is 0 Å². The van der Waals surface area contributed by atoms with Crippen molar-refractivity contribution in [2.75, 3.05) is 14.2 Å². The summed E-state index contributed by atoms with van der Waals surface area (Å²) in [6.45, 7) is 0. The molecule has 2 aromatic rings. The first kappa shape index (κ1) is 19.4. The predicted molar refractivity (Wildman–Crippen MR) is 100 cm³/mol. The topological polar surface area (TPSA) is 120 Å². The smallest absolute Gasteiger partial charge is 0.270 e. The number of carbonyl (C=O) groups is 2. The van der Waals surface area contributed by atoms with Crippen molar-refractivity contribution in [3.8, 4) is 11.5 Å². The lowest BCUT2D eigenvalue weighted by Crippen LogP contribution is -2.41. The van der Waals surface area contributed by atoms with Gasteiger partial charge in [-0.05, 0) is 40.8 Å². The average Bonchev–Trinajstić information content (AvgIpc) is 2.65. The van der Waals surface area contributed by atoms with Crippen LogP contribution in [0.1, 0.15) is 20.7 Å². The Bertz CT molecular complexity index is 871. The molecular weight excluding hydrogens is 457 g/mol. The Kier molecular flexibility index (Phi) is 6.33. The lowest BCUT2D eigenvalue weighted by atomic mass is 10.2. The highest BCUT2D eigenvalue weighted by atomic mass is 127. The number of nitrogens with zero attached hydrogens (tertiary/aromatic N) is 1. The van der Waals surface area contributed by atoms with Crippen LogP contribution in [0.4, 0.5) is 5.69 Å². The van der Waals surface area contributed by atoms with Crippen molar-refractivity contribution >= 4 is 40.1 Å². The number of halogens is 1. The summed E-state index contributed by atoms with van der Waals surface area (Å²) in [5, 5.41) is 10.8. The Balaban J connectivity index is 2.12. The number of non-ortho nitro benzene ring substituents is 1. The maximum absolute atomic E-state index is 12.3. The van der Waals surface area contributed by atoms with Crippen LogP contribution in [0.15, 0.2) is 36.4 Å². The highest BCUT2D eigenvalue weighted by Gasteiger charge is 2.17. The van der Waals surface area contributed by atoms with Gasteiger partial charge in [0.05, 0.1) is 24.7 Å². The van der Waals surface area contributed by atoms with E-state index in [1.807, 2.05) is 22.6 Å². The van der Waals surface area contributed by atoms with Crippen molar-refractivity contribution in [3.05, 3.63) is 61.2 Å². The van der Waals surface area contributed by atoms with Crippen LogP contribution < -0.4 is 20.3 Å². The van der Waals surface area contributed by atoms with Gasteiger partial charge in [0.25, 0.3) is 17.5 Å². The van der Waals surface area contributed by atoms with Crippen molar-refractivity contribution in [2.45, 2.75) is 0 Å². The third kappa shape index (κ3) is 4.39. The number of methoxy groups -OCH3 is 2. The molecule has 0 bridgehead atoms. The summed E-state index contributed by atoms with van der Waals surface area (Å²) in [5.74, 6) is -0.427. The van der Waals surface area contributed by atoms with Gasteiger partial charge in [-0.1, -0.05) is 6.07 Å². The van der Waals surface area contributed by atoms with Crippen LogP contribution in [0.25, 0.3) is 0 Å². The summed E-state index contributed by atoms with van der Waals surface area (Å²) in [6.07, 6.45) is 0. The molecule has 2 amide bonds. The molecule has 2 aromatic carbocycles. The monoisotopic (exact) mass is 471 g/mol. The SMILES string of the molecule is COc1cc(I)c(C(=O)NNC(=O)c2cccc([N+](=O)[O-])c2)cc1OC. The summed E-state index contributed by atoms with van der Waals surface area (Å²) in [6, 6.07) is 8.26. The van der Waals surface area contributed by atoms with E-state index in [0.29, 0.717) is 15.1 Å². The lowest BCUT2D eigenvalue weighted by Gasteiger charge is -2.12. The molecular formula is C16H14IN3O6. The highest BCUT2D eigenvalue weighted by Crippen LogP contribution is 2.31. The molecule has 0 heterocycles. The fraction of sp³-hybridized carbons (Fsp3) is 0.125. The van der Waals surface area contributed by atoms with E-state index in [1.165, 1.54) is 38.5 Å². The minimum atomic E-state index is -0.683. The zero-order chi connectivity index (χ0) is 19.3. The standard InChI is InChI=1S/C16H14IN3O6/c1-25-13-7-11(12(17)8-14(13)26-2)16(22)19-18-15(21)9-4-3-5-10(6-9)20(23)24/h3-8H,1-2H3,(H,18,21)(H,19,22). The van der Waals surface area contributed by atoms with Crippen molar-refractivity contribution in [1.82, 2.24) is 10.9 Å². The number of hydrogen-bond donors (Lipinski definition) is 2. The summed E-state index contributed by atoms with van der Waals surface area (Å²) >= 11 is 1.95. The first-order chi connectivity index (χ1) is 12.4. The number of ether oxygens (including phenoxy) is 2. The van der Waals surface area contributed by atoms with E-state index in [0.717, 1.165) is 6.07 Å². The number of nitro groups is 1. The number of rotatable bonds is 5. The number of nitrogens with one attached hydrogen (secondary N) is 2. The second kappa shape index (κ2) is 8.47. The molecule has 9 nitrogen and oxygen atoms in total. The molecule has 2 rings (SSSR count). The third-order valence-corrected chi connectivity index (χ3v) is 4.22. The molecule has 0 radical (unpaired) electrons. The number of hydrogen-bond acceptors (Lipinski definition) is 6. The number of benzene rings is 2. The maximum atomic E-state index is 12.3. The molecule has 0 spiro atoms. The van der Waals surface area contributed by atoms with E-state index >= 15 is 0 Å². The fourth-order valence-corrected chi connectivity index (χ4v) is 2.73. The minimum absolute atomic E-state index is 0.0431. The van der Waals surface area contributed by atoms with Gasteiger partial charge in [-0.3, -0.25) is 30.6 Å². The van der Waals surface area contributed by atoms with Crippen molar-refractivity contribution < 1.29 is 24.0 Å². The van der Waals surface area contributed by atoms with Crippen LogP contribution in [0, 0.1) is 13.7 Å². The Hall–Kier alpha value is -2.89. The van der Waals surface area contributed by atoms with Gasteiger partial charge < -0.3 is 9.47 Å². The number of amides is 2. The molecule has 0 aliphatic carbocycles. The Morgan fingerprint density at radius 3 is 2.27 bits per heavy atom. The van der Waals surface area contributed by atoms with Gasteiger partial charge in [0.15, 0.2) is 11.5 Å². The number of hydrazine groups is 1. The van der Waals surface area contributed by atoms with Gasteiger partial charge in [-0.15, -0.1) is 0 Å². The van der Waals surface area contributed by atoms with Gasteiger partial charge >= 0.3 is 0 Å². The van der Waals surface area contributed by atoms with Crippen LogP contribution in [-0.2, 0) is 0 Å². The van der Waals surface area contributed by atoms with E-state index < -0.39 is 16.7 Å². The van der Waals surface area contributed by atoms with E-state index in [1.54, 1.807) is 6.07 Å². The fourth-order valence-electron chi connectivity index (χ4n) is 2.04. The first-order valence-electron chi connectivity index (χ1n) is 7.14. The minimum Gasteiger partial charge on any atom is -0.493 e. The second-order valence-corrected chi connectivity index (χ2v) is 6.06. The molecule has 0 aromatic heterocycles. The molecule has 0 atom stereocenters. The summed E-state index contributed by atoms with van der Waals surface area (Å²) in [5.41, 5.74) is 4.57. The summed E-state index contributed by atoms with van der Waals surface area (Å²) in [7, 11) is 2.92. The van der Waals surface area contributed by atoms with Crippen molar-refractivity contribution in [2.24, 2.45) is 0 Å². The Labute approximate surface area is 161 Å². The van der Waals surface area contributed by atoms with Gasteiger partial charge in [-0.2, -0.15) is 0 Å². The Morgan fingerprint density at radius 2 is 1.65 bits per heavy atom. The van der Waals surface area contributed by atoms with E-state index in [-0.39, 0.29) is 16.8 Å². The molecule has 0 unspecified atom stereocenters. The Morgan fingerprint density at radius 1 is 1.04 bits per heavy atom. The van der Waals surface area contributed by atoms with Crippen LogP contribution >= 0.6 is 22.6 Å². The molecule has 136 valence electrons. The summed E-state index contributed by atoms with van der Waals surface area (Å²) in [4.78, 5) is 34.5. The van der Waals surface area contributed by atoms with Gasteiger partial charge in [0.1, 0.15) is 0 Å². The van der Waals surface area contributed by atoms with Gasteiger partial charge in [0.2, 0.25) is 0 Å². The third-order valence-electron chi connectivity index (χ3n) is 3.33. The van der Waals surface area contributed by atoms with Crippen molar-refractivity contribution in [3.63, 3.8) is 0 Å². The second-order valence-electron chi connectivity index (χ2n) is 4.90. The van der Waals surface area contributed by atoms with Crippen LogP contribution in [0.2, 0.25) is 0 Å². The number of carbonyl (C=O) groups excluding carboxylic acids is 2. The van der Waals surface area contributed by atoms with E-state index in [2.05, 4.69) is 10.9 Å². The molecule has 10 heteroatoms. The predicted octanol–water partition coefficient (Wildman–Crippen LogP) is 2.29. The van der Waals surface area contributed by atoms with Crippen LogP contribution in [0.5, 0.6) is 11.5 Å². The van der Waals surface area contributed by atoms with E-state index in [9.17, 15) is 19.7 Å². The summed E-state index contributed by atoms with van der Waals surface area (Å²) < 4.78 is 10.9. The maximum Gasteiger partial charge on any atom is 0.270 e. The molecule has 0 fully saturated rings. The number of nitro benzene ring substituents is 1. The average molecular weight is 471 g/mol. The lowest BCUT2D eigenvalue weighted by molar-refractivity contribution is -0.384. The molecule has 2 N–H and O–H groups in total. The molecule has 0 aliphatic heterocycles. The van der Waals surface area contributed by atoms with Crippen LogP contribution in [-0.4, -0.2) is 31.0 Å². The first-order valence-corrected chi connectivity index (χ1v) is 8.22. The zero-order valence-corrected chi connectivity index (χ0v) is 15.9. The van der Waals surface area contributed by atoms with Gasteiger partial charge in [0, 0.05) is 21.3 Å². The molecule has 0 saturated carbocycles. The zero-order valence-electron chi connectivity index (χ0n) is 13.7. The molecule has 0 saturated heterocycles. The molecule has 0 aliphatic rings. The largest absolute Gasteiger partial charge is 0.493 e. The highest BCUT2D eigenvalue weighted by molar-refractivity contribution is 14.1. The molecule has 26 heavy (non-hydrogen) atoms. The van der Waals surface area contributed by atoms with Crippen molar-refractivity contribution in [1.29, 1.82) is 0 Å².